The number of nitrogens with one attached hydrogen (secondary N) is 1. The van der Waals surface area contributed by atoms with Gasteiger partial charge in [-0.05, 0) is 36.8 Å². The smallest absolute Gasteiger partial charge is 0.338 e. The zero-order valence-corrected chi connectivity index (χ0v) is 15.6. The number of hydrogen-bond donors (Lipinski definition) is 1. The first-order valence-electron chi connectivity index (χ1n) is 8.18. The fourth-order valence-corrected chi connectivity index (χ4v) is 2.69. The maximum atomic E-state index is 12.3. The normalized spacial score (nSPS) is 12.3. The van der Waals surface area contributed by atoms with Crippen molar-refractivity contribution in [3.05, 3.63) is 46.5 Å². The van der Waals surface area contributed by atoms with Crippen molar-refractivity contribution in [2.75, 3.05) is 32.2 Å². The first-order chi connectivity index (χ1) is 13.0. The van der Waals surface area contributed by atoms with Crippen LogP contribution in [0, 0.1) is 6.92 Å². The molecule has 0 unspecified atom stereocenters. The summed E-state index contributed by atoms with van der Waals surface area (Å²) in [5, 5.41) is 3.16. The molecular weight excluding hydrogens is 374 g/mol. The fourth-order valence-electron chi connectivity index (χ4n) is 2.52. The molecule has 1 aliphatic rings. The monoisotopic (exact) mass is 391 g/mol. The van der Waals surface area contributed by atoms with Crippen molar-refractivity contribution >= 4 is 29.2 Å². The molecule has 8 heteroatoms. The predicted octanol–water partition coefficient (Wildman–Crippen LogP) is 3.22. The molecule has 0 atom stereocenters. The second kappa shape index (κ2) is 8.18. The highest BCUT2D eigenvalue weighted by atomic mass is 35.5. The Morgan fingerprint density at radius 3 is 2.74 bits per heavy atom. The molecular formula is C19H18ClNO6. The molecule has 2 aromatic carbocycles. The van der Waals surface area contributed by atoms with E-state index in [1.807, 2.05) is 6.92 Å². The van der Waals surface area contributed by atoms with Gasteiger partial charge in [-0.25, -0.2) is 4.79 Å². The van der Waals surface area contributed by atoms with Crippen molar-refractivity contribution in [3.8, 4) is 17.2 Å². The molecule has 0 saturated carbocycles. The topological polar surface area (TPSA) is 83.1 Å². The van der Waals surface area contributed by atoms with Gasteiger partial charge in [0.05, 0.1) is 12.7 Å². The van der Waals surface area contributed by atoms with E-state index in [1.54, 1.807) is 18.2 Å². The van der Waals surface area contributed by atoms with E-state index in [9.17, 15) is 9.59 Å². The van der Waals surface area contributed by atoms with E-state index < -0.39 is 18.5 Å². The summed E-state index contributed by atoms with van der Waals surface area (Å²) in [5.41, 5.74) is 1.60. The van der Waals surface area contributed by atoms with Crippen molar-refractivity contribution in [1.82, 2.24) is 0 Å². The van der Waals surface area contributed by atoms with E-state index in [0.29, 0.717) is 41.2 Å². The van der Waals surface area contributed by atoms with Gasteiger partial charge in [-0.15, -0.1) is 0 Å². The zero-order valence-electron chi connectivity index (χ0n) is 14.8. The first kappa shape index (κ1) is 18.8. The molecule has 0 aromatic heterocycles. The number of benzene rings is 2. The van der Waals surface area contributed by atoms with Gasteiger partial charge in [0.15, 0.2) is 18.1 Å². The SMILES string of the molecule is COc1cc(C(=O)OCC(=O)Nc2cc(Cl)ccc2C)cc2c1OCCO2. The van der Waals surface area contributed by atoms with Crippen molar-refractivity contribution in [3.63, 3.8) is 0 Å². The number of aryl methyl sites for hydroxylation is 1. The van der Waals surface area contributed by atoms with Gasteiger partial charge in [-0.3, -0.25) is 4.79 Å². The van der Waals surface area contributed by atoms with Crippen LogP contribution in [0.15, 0.2) is 30.3 Å². The molecule has 1 aliphatic heterocycles. The lowest BCUT2D eigenvalue weighted by molar-refractivity contribution is -0.119. The Balaban J connectivity index is 1.65. The number of carbonyl (C=O) groups is 2. The Hall–Kier alpha value is -2.93. The van der Waals surface area contributed by atoms with Gasteiger partial charge in [0.1, 0.15) is 13.2 Å². The van der Waals surface area contributed by atoms with E-state index in [4.69, 9.17) is 30.5 Å². The fraction of sp³-hybridized carbons (Fsp3) is 0.263. The number of esters is 1. The summed E-state index contributed by atoms with van der Waals surface area (Å²) >= 11 is 5.92. The van der Waals surface area contributed by atoms with Crippen LogP contribution in [-0.2, 0) is 9.53 Å². The maximum Gasteiger partial charge on any atom is 0.338 e. The zero-order chi connectivity index (χ0) is 19.4. The number of halogens is 1. The van der Waals surface area contributed by atoms with Crippen LogP contribution < -0.4 is 19.5 Å². The Morgan fingerprint density at radius 2 is 1.96 bits per heavy atom. The summed E-state index contributed by atoms with van der Waals surface area (Å²) in [7, 11) is 1.46. The largest absolute Gasteiger partial charge is 0.493 e. The quantitative estimate of drug-likeness (QED) is 0.788. The van der Waals surface area contributed by atoms with Crippen LogP contribution in [0.1, 0.15) is 15.9 Å². The van der Waals surface area contributed by atoms with Crippen LogP contribution in [0.3, 0.4) is 0 Å². The van der Waals surface area contributed by atoms with E-state index in [1.165, 1.54) is 19.2 Å². The number of fused-ring (bicyclic) bond motifs is 1. The summed E-state index contributed by atoms with van der Waals surface area (Å²) < 4.78 is 21.3. The standard InChI is InChI=1S/C19H18ClNO6/c1-11-3-4-13(20)9-14(11)21-17(22)10-27-19(23)12-7-15(24-2)18-16(8-12)25-5-6-26-18/h3-4,7-9H,5-6,10H2,1-2H3,(H,21,22). The lowest BCUT2D eigenvalue weighted by Crippen LogP contribution is -2.22. The van der Waals surface area contributed by atoms with Gasteiger partial charge in [0.25, 0.3) is 5.91 Å². The Kier molecular flexibility index (Phi) is 5.71. The number of anilines is 1. The first-order valence-corrected chi connectivity index (χ1v) is 8.56. The minimum Gasteiger partial charge on any atom is -0.493 e. The van der Waals surface area contributed by atoms with Gasteiger partial charge >= 0.3 is 5.97 Å². The second-order valence-corrected chi connectivity index (χ2v) is 6.22. The molecule has 2 aromatic rings. The lowest BCUT2D eigenvalue weighted by Gasteiger charge is -2.21. The molecule has 3 rings (SSSR count). The van der Waals surface area contributed by atoms with Crippen LogP contribution in [0.25, 0.3) is 0 Å². The molecule has 0 aliphatic carbocycles. The molecule has 0 spiro atoms. The summed E-state index contributed by atoms with van der Waals surface area (Å²) in [6, 6.07) is 8.11. The van der Waals surface area contributed by atoms with Crippen LogP contribution in [0.4, 0.5) is 5.69 Å². The molecule has 0 fully saturated rings. The minimum absolute atomic E-state index is 0.197. The third kappa shape index (κ3) is 4.43. The predicted molar refractivity (Wildman–Crippen MR) is 99.1 cm³/mol. The van der Waals surface area contributed by atoms with Crippen molar-refractivity contribution in [2.24, 2.45) is 0 Å². The number of hydrogen-bond acceptors (Lipinski definition) is 6. The molecule has 0 bridgehead atoms. The van der Waals surface area contributed by atoms with Crippen molar-refractivity contribution < 1.29 is 28.5 Å². The lowest BCUT2D eigenvalue weighted by atomic mass is 10.1. The van der Waals surface area contributed by atoms with Gasteiger partial charge in [-0.2, -0.15) is 0 Å². The maximum absolute atomic E-state index is 12.3. The molecule has 1 heterocycles. The van der Waals surface area contributed by atoms with E-state index in [2.05, 4.69) is 5.32 Å². The average molecular weight is 392 g/mol. The second-order valence-electron chi connectivity index (χ2n) is 5.79. The number of amides is 1. The van der Waals surface area contributed by atoms with E-state index >= 15 is 0 Å². The van der Waals surface area contributed by atoms with Gasteiger partial charge in [-0.1, -0.05) is 17.7 Å². The molecule has 27 heavy (non-hydrogen) atoms. The summed E-state index contributed by atoms with van der Waals surface area (Å²) in [6.07, 6.45) is 0. The van der Waals surface area contributed by atoms with Crippen molar-refractivity contribution in [1.29, 1.82) is 0 Å². The Labute approximate surface area is 161 Å². The van der Waals surface area contributed by atoms with Crippen LogP contribution in [-0.4, -0.2) is 38.8 Å². The highest BCUT2D eigenvalue weighted by Gasteiger charge is 2.22. The number of ether oxygens (including phenoxy) is 4. The summed E-state index contributed by atoms with van der Waals surface area (Å²) in [5.74, 6) is 0.0423. The Bertz CT molecular complexity index is 865. The van der Waals surface area contributed by atoms with Crippen LogP contribution in [0.2, 0.25) is 5.02 Å². The molecule has 1 N–H and O–H groups in total. The van der Waals surface area contributed by atoms with Gasteiger partial charge < -0.3 is 24.3 Å². The van der Waals surface area contributed by atoms with Crippen LogP contribution >= 0.6 is 11.6 Å². The molecule has 0 radical (unpaired) electrons. The molecule has 1 amide bonds. The van der Waals surface area contributed by atoms with Crippen LogP contribution in [0.5, 0.6) is 17.2 Å². The molecule has 7 nitrogen and oxygen atoms in total. The summed E-state index contributed by atoms with van der Waals surface area (Å²) in [4.78, 5) is 24.4. The average Bonchev–Trinajstić information content (AvgIpc) is 2.68. The number of methoxy groups -OCH3 is 1. The molecule has 0 saturated heterocycles. The third-order valence-corrected chi connectivity index (χ3v) is 4.11. The van der Waals surface area contributed by atoms with Gasteiger partial charge in [0.2, 0.25) is 5.75 Å². The number of carbonyl (C=O) groups excluding carboxylic acids is 2. The van der Waals surface area contributed by atoms with Crippen molar-refractivity contribution in [2.45, 2.75) is 6.92 Å². The minimum atomic E-state index is -0.678. The third-order valence-electron chi connectivity index (χ3n) is 3.87. The summed E-state index contributed by atoms with van der Waals surface area (Å²) in [6.45, 7) is 2.16. The Morgan fingerprint density at radius 1 is 1.19 bits per heavy atom. The van der Waals surface area contributed by atoms with Gasteiger partial charge in [0, 0.05) is 10.7 Å². The van der Waals surface area contributed by atoms with E-state index in [0.717, 1.165) is 5.56 Å². The highest BCUT2D eigenvalue weighted by Crippen LogP contribution is 2.40. The number of rotatable bonds is 5. The van der Waals surface area contributed by atoms with E-state index in [-0.39, 0.29) is 5.56 Å². The highest BCUT2D eigenvalue weighted by molar-refractivity contribution is 6.31. The molecule has 142 valence electrons.